The zero-order valence-corrected chi connectivity index (χ0v) is 11.8. The Morgan fingerprint density at radius 2 is 1.90 bits per heavy atom. The number of hydrogen-bond donors (Lipinski definition) is 4. The number of fused-ring (bicyclic) bond motifs is 1. The number of hydrazine groups is 1. The van der Waals surface area contributed by atoms with Crippen molar-refractivity contribution in [2.45, 2.75) is 13.0 Å². The fraction of sp³-hybridized carbons (Fsp3) is 0.214. The number of anilines is 1. The fourth-order valence-electron chi connectivity index (χ4n) is 2.05. The topological polar surface area (TPSA) is 109 Å². The predicted octanol–water partition coefficient (Wildman–Crippen LogP) is 0.385. The number of nitrogen functional groups attached to an aromatic ring is 1. The summed E-state index contributed by atoms with van der Waals surface area (Å²) in [5.41, 5.74) is 2.89. The highest BCUT2D eigenvalue weighted by atomic mass is 16.2. The first-order valence-electron chi connectivity index (χ1n) is 6.45. The van der Waals surface area contributed by atoms with Gasteiger partial charge in [0.25, 0.3) is 5.91 Å². The van der Waals surface area contributed by atoms with Crippen molar-refractivity contribution < 1.29 is 9.59 Å². The van der Waals surface area contributed by atoms with Crippen molar-refractivity contribution in [1.29, 1.82) is 0 Å². The zero-order chi connectivity index (χ0) is 15.4. The van der Waals surface area contributed by atoms with Gasteiger partial charge in [0.2, 0.25) is 5.91 Å². The van der Waals surface area contributed by atoms with Crippen molar-refractivity contribution in [1.82, 2.24) is 15.6 Å². The van der Waals surface area contributed by atoms with E-state index in [1.54, 1.807) is 13.0 Å². The van der Waals surface area contributed by atoms with Crippen LogP contribution in [0.15, 0.2) is 30.5 Å². The van der Waals surface area contributed by atoms with Crippen molar-refractivity contribution in [3.8, 4) is 0 Å². The van der Waals surface area contributed by atoms with Gasteiger partial charge < -0.3 is 16.1 Å². The Morgan fingerprint density at radius 1 is 1.24 bits per heavy atom. The highest BCUT2D eigenvalue weighted by Gasteiger charge is 2.18. The Labute approximate surface area is 121 Å². The number of nitrogens with two attached hydrogens (primary N) is 1. The van der Waals surface area contributed by atoms with Crippen molar-refractivity contribution in [2.24, 2.45) is 5.84 Å². The van der Waals surface area contributed by atoms with Crippen molar-refractivity contribution in [2.75, 3.05) is 12.5 Å². The molecule has 5 N–H and O–H groups in total. The lowest BCUT2D eigenvalue weighted by atomic mass is 10.1. The van der Waals surface area contributed by atoms with Crippen molar-refractivity contribution in [3.05, 3.63) is 36.0 Å². The Morgan fingerprint density at radius 3 is 2.52 bits per heavy atom. The second-order valence-electron chi connectivity index (χ2n) is 4.52. The highest BCUT2D eigenvalue weighted by molar-refractivity contribution is 6.10. The maximum atomic E-state index is 12.3. The van der Waals surface area contributed by atoms with Crippen LogP contribution in [0.25, 0.3) is 10.8 Å². The van der Waals surface area contributed by atoms with Gasteiger partial charge in [-0.15, -0.1) is 0 Å². The van der Waals surface area contributed by atoms with Crippen LogP contribution in [-0.4, -0.2) is 29.9 Å². The molecular weight excluding hydrogens is 270 g/mol. The minimum atomic E-state index is -0.631. The number of amides is 2. The largest absolute Gasteiger partial charge is 0.357 e. The molecule has 2 amide bonds. The Bertz CT molecular complexity index is 686. The van der Waals surface area contributed by atoms with E-state index in [1.165, 1.54) is 13.2 Å². The molecule has 7 heteroatoms. The zero-order valence-electron chi connectivity index (χ0n) is 11.8. The lowest BCUT2D eigenvalue weighted by Gasteiger charge is -2.14. The molecule has 2 aromatic rings. The fourth-order valence-corrected chi connectivity index (χ4v) is 2.05. The van der Waals surface area contributed by atoms with Crippen LogP contribution in [0.5, 0.6) is 0 Å². The molecule has 0 spiro atoms. The minimum absolute atomic E-state index is 0.263. The average Bonchev–Trinajstić information content (AvgIpc) is 2.52. The van der Waals surface area contributed by atoms with Gasteiger partial charge in [-0.2, -0.15) is 0 Å². The first kappa shape index (κ1) is 14.7. The third-order valence-corrected chi connectivity index (χ3v) is 3.16. The summed E-state index contributed by atoms with van der Waals surface area (Å²) in [4.78, 5) is 27.9. The summed E-state index contributed by atoms with van der Waals surface area (Å²) in [6.07, 6.45) is 1.43. The number of carbonyl (C=O) groups is 2. The Balaban J connectivity index is 2.38. The van der Waals surface area contributed by atoms with E-state index in [4.69, 9.17) is 5.84 Å². The number of nitrogens with one attached hydrogen (secondary N) is 3. The molecule has 1 heterocycles. The first-order chi connectivity index (χ1) is 10.1. The summed E-state index contributed by atoms with van der Waals surface area (Å²) in [5.74, 6) is 5.28. The van der Waals surface area contributed by atoms with Crippen LogP contribution in [0.2, 0.25) is 0 Å². The molecule has 0 saturated carbocycles. The van der Waals surface area contributed by atoms with Crippen LogP contribution in [0.3, 0.4) is 0 Å². The monoisotopic (exact) mass is 287 g/mol. The summed E-state index contributed by atoms with van der Waals surface area (Å²) in [5, 5.41) is 6.56. The molecule has 0 bridgehead atoms. The molecule has 0 radical (unpaired) electrons. The molecule has 2 rings (SSSR count). The molecule has 0 fully saturated rings. The molecule has 0 aliphatic heterocycles. The van der Waals surface area contributed by atoms with Crippen LogP contribution >= 0.6 is 0 Å². The maximum Gasteiger partial charge on any atom is 0.254 e. The van der Waals surface area contributed by atoms with Crippen molar-refractivity contribution in [3.63, 3.8) is 0 Å². The van der Waals surface area contributed by atoms with Crippen LogP contribution in [0, 0.1) is 0 Å². The normalized spacial score (nSPS) is 11.8. The third kappa shape index (κ3) is 2.92. The molecule has 0 saturated heterocycles. The minimum Gasteiger partial charge on any atom is -0.357 e. The van der Waals surface area contributed by atoms with E-state index >= 15 is 0 Å². The Hall–Kier alpha value is -2.67. The third-order valence-electron chi connectivity index (χ3n) is 3.16. The quantitative estimate of drug-likeness (QED) is 0.480. The molecule has 1 unspecified atom stereocenters. The van der Waals surface area contributed by atoms with E-state index in [1.807, 2.05) is 18.2 Å². The number of benzene rings is 1. The van der Waals surface area contributed by atoms with Crippen LogP contribution < -0.4 is 21.9 Å². The van der Waals surface area contributed by atoms with Crippen molar-refractivity contribution >= 4 is 28.4 Å². The van der Waals surface area contributed by atoms with Gasteiger partial charge in [-0.05, 0) is 12.3 Å². The van der Waals surface area contributed by atoms with Gasteiger partial charge in [0.15, 0.2) is 0 Å². The lowest BCUT2D eigenvalue weighted by Crippen LogP contribution is -2.43. The number of nitrogens with zero attached hydrogens (tertiary/aromatic N) is 1. The van der Waals surface area contributed by atoms with Gasteiger partial charge in [0, 0.05) is 18.6 Å². The van der Waals surface area contributed by atoms with Gasteiger partial charge in [0.1, 0.15) is 11.9 Å². The summed E-state index contributed by atoms with van der Waals surface area (Å²) in [7, 11) is 1.52. The smallest absolute Gasteiger partial charge is 0.254 e. The molecule has 110 valence electrons. The van der Waals surface area contributed by atoms with E-state index in [9.17, 15) is 9.59 Å². The molecule has 7 nitrogen and oxygen atoms in total. The second-order valence-corrected chi connectivity index (χ2v) is 4.52. The first-order valence-corrected chi connectivity index (χ1v) is 6.45. The molecule has 0 aliphatic rings. The van der Waals surface area contributed by atoms with Gasteiger partial charge >= 0.3 is 0 Å². The number of hydrogen-bond acceptors (Lipinski definition) is 5. The van der Waals surface area contributed by atoms with Gasteiger partial charge in [0.05, 0.1) is 5.56 Å². The number of carbonyl (C=O) groups excluding carboxylic acids is 2. The number of likely N-dealkylation sites (N-methyl/N-ethyl adjacent to an activating group) is 1. The molecule has 1 aromatic carbocycles. The summed E-state index contributed by atoms with van der Waals surface area (Å²) in [6.45, 7) is 1.61. The number of rotatable bonds is 4. The molecule has 1 aromatic heterocycles. The molecular formula is C14H17N5O2. The van der Waals surface area contributed by atoms with E-state index in [2.05, 4.69) is 21.0 Å². The van der Waals surface area contributed by atoms with Gasteiger partial charge in [-0.3, -0.25) is 9.59 Å². The molecule has 0 aliphatic carbocycles. The summed E-state index contributed by atoms with van der Waals surface area (Å²) < 4.78 is 0. The van der Waals surface area contributed by atoms with E-state index in [-0.39, 0.29) is 11.8 Å². The van der Waals surface area contributed by atoms with Gasteiger partial charge in [-0.1, -0.05) is 24.3 Å². The van der Waals surface area contributed by atoms with Crippen LogP contribution in [0.4, 0.5) is 5.82 Å². The molecule has 21 heavy (non-hydrogen) atoms. The number of aromatic nitrogens is 1. The average molecular weight is 287 g/mol. The number of pyridine rings is 1. The SMILES string of the molecule is CNC(=O)C(C)NC(=O)c1cnc(NN)c2ccccc12. The van der Waals surface area contributed by atoms with Crippen LogP contribution in [-0.2, 0) is 4.79 Å². The highest BCUT2D eigenvalue weighted by Crippen LogP contribution is 2.23. The summed E-state index contributed by atoms with van der Waals surface area (Å²) in [6, 6.07) is 6.64. The van der Waals surface area contributed by atoms with E-state index in [0.29, 0.717) is 16.8 Å². The standard InChI is InChI=1S/C14H17N5O2/c1-8(13(20)16-2)18-14(21)11-7-17-12(19-15)10-6-4-3-5-9(10)11/h3-8H,15H2,1-2H3,(H,16,20)(H,17,19)(H,18,21). The van der Waals surface area contributed by atoms with E-state index < -0.39 is 6.04 Å². The lowest BCUT2D eigenvalue weighted by molar-refractivity contribution is -0.122. The summed E-state index contributed by atoms with van der Waals surface area (Å²) >= 11 is 0. The maximum absolute atomic E-state index is 12.3. The van der Waals surface area contributed by atoms with Crippen LogP contribution in [0.1, 0.15) is 17.3 Å². The Kier molecular flexibility index (Phi) is 4.34. The van der Waals surface area contributed by atoms with Gasteiger partial charge in [-0.25, -0.2) is 10.8 Å². The second kappa shape index (κ2) is 6.19. The predicted molar refractivity (Wildman–Crippen MR) is 80.5 cm³/mol. The molecule has 1 atom stereocenters. The van der Waals surface area contributed by atoms with E-state index in [0.717, 1.165) is 5.39 Å².